The molecule has 46 heavy (non-hydrogen) atoms. The van der Waals surface area contributed by atoms with Crippen LogP contribution in [0.25, 0.3) is 11.6 Å². The van der Waals surface area contributed by atoms with Gasteiger partial charge in [0.2, 0.25) is 0 Å². The number of carbonyl (C=O) groups excluding carboxylic acids is 1. The summed E-state index contributed by atoms with van der Waals surface area (Å²) in [4.78, 5) is 10.8. The lowest BCUT2D eigenvalue weighted by Gasteiger charge is -2.05. The summed E-state index contributed by atoms with van der Waals surface area (Å²) in [6.45, 7) is 30.0. The molecule has 0 fully saturated rings. The number of unbranched alkanes of at least 4 members (excludes halogenated alkanes) is 6. The number of allylic oxidation sites excluding steroid dienone is 3. The van der Waals surface area contributed by atoms with E-state index in [-0.39, 0.29) is 0 Å². The van der Waals surface area contributed by atoms with Crippen molar-refractivity contribution in [2.24, 2.45) is 0 Å². The Bertz CT molecular complexity index is 1060. The zero-order valence-corrected chi connectivity index (χ0v) is 31.2. The van der Waals surface area contributed by atoms with Crippen LogP contribution in [0.3, 0.4) is 0 Å². The van der Waals surface area contributed by atoms with Crippen LogP contribution in [-0.2, 0) is 11.2 Å². The monoisotopic (exact) mass is 628 g/mol. The Morgan fingerprint density at radius 3 is 1.85 bits per heavy atom. The Hall–Kier alpha value is -3.70. The number of terminal acetylenes is 1. The fraction of sp³-hybridized carbons (Fsp3) is 0.455. The smallest absolute Gasteiger partial charge is 0.132 e. The SMILES string of the molecule is C#CC(=N)CC.C=C.C=C(/C=C\c1ccc(C)cc1)c1ccc(CCCCCC)cc1.C=CCCCCCC(=O)CC.CC.CC. The van der Waals surface area contributed by atoms with Crippen molar-refractivity contribution in [3.63, 3.8) is 0 Å². The van der Waals surface area contributed by atoms with Crippen LogP contribution in [0.4, 0.5) is 0 Å². The van der Waals surface area contributed by atoms with Crippen LogP contribution < -0.4 is 0 Å². The first-order valence-corrected chi connectivity index (χ1v) is 17.5. The van der Waals surface area contributed by atoms with Gasteiger partial charge in [-0.2, -0.15) is 0 Å². The molecule has 0 radical (unpaired) electrons. The lowest BCUT2D eigenvalue weighted by molar-refractivity contribution is -0.118. The molecule has 0 aliphatic heterocycles. The lowest BCUT2D eigenvalue weighted by atomic mass is 10.0. The molecule has 2 aromatic carbocycles. The van der Waals surface area contributed by atoms with E-state index < -0.39 is 0 Å². The Kier molecular flexibility index (Phi) is 42.0. The highest BCUT2D eigenvalue weighted by Crippen LogP contribution is 2.18. The molecule has 0 spiro atoms. The van der Waals surface area contributed by atoms with Gasteiger partial charge in [0.05, 0.1) is 5.71 Å². The van der Waals surface area contributed by atoms with Gasteiger partial charge in [0, 0.05) is 12.8 Å². The van der Waals surface area contributed by atoms with Gasteiger partial charge in [-0.1, -0.05) is 159 Å². The van der Waals surface area contributed by atoms with Gasteiger partial charge in [0.1, 0.15) is 5.78 Å². The second kappa shape index (κ2) is 39.3. The van der Waals surface area contributed by atoms with Crippen molar-refractivity contribution in [3.05, 3.63) is 109 Å². The van der Waals surface area contributed by atoms with E-state index in [9.17, 15) is 4.79 Å². The first kappa shape index (κ1) is 49.2. The molecule has 0 saturated heterocycles. The molecule has 0 saturated carbocycles. The fourth-order valence-corrected chi connectivity index (χ4v) is 3.68. The molecule has 0 bridgehead atoms. The van der Waals surface area contributed by atoms with Crippen molar-refractivity contribution >= 4 is 23.1 Å². The van der Waals surface area contributed by atoms with E-state index in [4.69, 9.17) is 11.8 Å². The van der Waals surface area contributed by atoms with Crippen LogP contribution >= 0.6 is 0 Å². The van der Waals surface area contributed by atoms with Crippen LogP contribution in [0.2, 0.25) is 0 Å². The summed E-state index contributed by atoms with van der Waals surface area (Å²) >= 11 is 0. The van der Waals surface area contributed by atoms with Gasteiger partial charge < -0.3 is 0 Å². The van der Waals surface area contributed by atoms with Gasteiger partial charge in [0.25, 0.3) is 0 Å². The Morgan fingerprint density at radius 1 is 0.826 bits per heavy atom. The molecule has 2 aromatic rings. The van der Waals surface area contributed by atoms with Crippen molar-refractivity contribution in [3.8, 4) is 12.3 Å². The number of hydrogen-bond donors (Lipinski definition) is 1. The number of ketones is 1. The number of aryl methyl sites for hydroxylation is 2. The van der Waals surface area contributed by atoms with Crippen molar-refractivity contribution in [2.45, 2.75) is 132 Å². The fourth-order valence-electron chi connectivity index (χ4n) is 3.68. The van der Waals surface area contributed by atoms with Crippen molar-refractivity contribution in [2.75, 3.05) is 0 Å². The second-order valence-electron chi connectivity index (χ2n) is 10.0. The molecule has 0 heterocycles. The number of benzene rings is 2. The average molecular weight is 628 g/mol. The highest BCUT2D eigenvalue weighted by molar-refractivity contribution is 5.96. The highest BCUT2D eigenvalue weighted by Gasteiger charge is 1.98. The second-order valence-corrected chi connectivity index (χ2v) is 10.0. The molecule has 0 atom stereocenters. The minimum Gasteiger partial charge on any atom is -0.300 e. The molecular weight excluding hydrogens is 558 g/mol. The Balaban J connectivity index is -0.000000320. The maximum atomic E-state index is 10.8. The average Bonchev–Trinajstić information content (AvgIpc) is 3.12. The molecule has 0 unspecified atom stereocenters. The van der Waals surface area contributed by atoms with Gasteiger partial charge in [-0.05, 0) is 67.7 Å². The predicted molar refractivity (Wildman–Crippen MR) is 213 cm³/mol. The molecule has 256 valence electrons. The van der Waals surface area contributed by atoms with Gasteiger partial charge >= 0.3 is 0 Å². The summed E-state index contributed by atoms with van der Waals surface area (Å²) in [7, 11) is 0. The summed E-state index contributed by atoms with van der Waals surface area (Å²) in [5, 5.41) is 6.75. The molecule has 2 heteroatoms. The third-order valence-electron chi connectivity index (χ3n) is 6.48. The van der Waals surface area contributed by atoms with Gasteiger partial charge in [0.15, 0.2) is 0 Å². The van der Waals surface area contributed by atoms with E-state index in [1.54, 1.807) is 0 Å². The summed E-state index contributed by atoms with van der Waals surface area (Å²) in [5.41, 5.74) is 6.56. The molecule has 2 nitrogen and oxygen atoms in total. The van der Waals surface area contributed by atoms with E-state index in [0.717, 1.165) is 31.3 Å². The van der Waals surface area contributed by atoms with E-state index in [2.05, 4.69) is 107 Å². The molecule has 0 amide bonds. The van der Waals surface area contributed by atoms with Gasteiger partial charge in [-0.15, -0.1) is 26.2 Å². The minimum atomic E-state index is 0.370. The van der Waals surface area contributed by atoms with E-state index >= 15 is 0 Å². The zero-order valence-electron chi connectivity index (χ0n) is 31.2. The normalized spacial score (nSPS) is 9.02. The predicted octanol–water partition coefficient (Wildman–Crippen LogP) is 13.9. The Morgan fingerprint density at radius 2 is 1.39 bits per heavy atom. The molecule has 0 aliphatic rings. The van der Waals surface area contributed by atoms with Crippen LogP contribution in [-0.4, -0.2) is 11.5 Å². The molecular formula is C44H69NO. The van der Waals surface area contributed by atoms with Crippen LogP contribution in [0.5, 0.6) is 0 Å². The topological polar surface area (TPSA) is 40.9 Å². The molecule has 0 aliphatic carbocycles. The molecule has 0 aromatic heterocycles. The maximum absolute atomic E-state index is 10.8. The van der Waals surface area contributed by atoms with Crippen molar-refractivity contribution in [1.82, 2.24) is 0 Å². The van der Waals surface area contributed by atoms with Crippen LogP contribution in [0.1, 0.15) is 141 Å². The maximum Gasteiger partial charge on any atom is 0.132 e. The van der Waals surface area contributed by atoms with Crippen molar-refractivity contribution in [1.29, 1.82) is 5.41 Å². The van der Waals surface area contributed by atoms with Crippen LogP contribution in [0.15, 0.2) is 87.0 Å². The number of carbonyl (C=O) groups is 1. The summed E-state index contributed by atoms with van der Waals surface area (Å²) in [6, 6.07) is 17.4. The molecule has 2 rings (SSSR count). The third kappa shape index (κ3) is 31.7. The molecule has 1 N–H and O–H groups in total. The quantitative estimate of drug-likeness (QED) is 0.0650. The summed E-state index contributed by atoms with van der Waals surface area (Å²) < 4.78 is 0. The number of hydrogen-bond acceptors (Lipinski definition) is 2. The number of rotatable bonds is 16. The standard InChI is InChI=1S/C23H28.C10H18O.C5H7N.2C2H6.C2H4/c1-4-5-6-7-8-21-15-17-23(18-16-21)20(3)11-14-22-12-9-19(2)10-13-22;1-3-5-6-7-8-9-10(11)4-2;1-3-5(6)4-2;3*1-2/h9-18H,3-8H2,1-2H3;3H,1,4-9H2,2H3;1,6H,4H2,2H3;2*1-2H3;1-2H2/b14-11-;;;;;. The summed E-state index contributed by atoms with van der Waals surface area (Å²) in [6.07, 6.45) is 24.1. The first-order chi connectivity index (χ1) is 22.3. The highest BCUT2D eigenvalue weighted by atomic mass is 16.1. The van der Waals surface area contributed by atoms with Gasteiger partial charge in [-0.25, -0.2) is 0 Å². The van der Waals surface area contributed by atoms with E-state index in [1.807, 2.05) is 47.6 Å². The number of nitrogens with one attached hydrogen (secondary N) is 1. The minimum absolute atomic E-state index is 0.370. The zero-order chi connectivity index (χ0) is 36.0. The van der Waals surface area contributed by atoms with Gasteiger partial charge in [-0.3, -0.25) is 10.2 Å². The summed E-state index contributed by atoms with van der Waals surface area (Å²) in [5.74, 6) is 2.59. The van der Waals surface area contributed by atoms with Crippen LogP contribution in [0, 0.1) is 24.7 Å². The first-order valence-electron chi connectivity index (χ1n) is 17.5. The van der Waals surface area contributed by atoms with E-state index in [0.29, 0.717) is 24.3 Å². The van der Waals surface area contributed by atoms with E-state index in [1.165, 1.54) is 60.8 Å². The largest absolute Gasteiger partial charge is 0.300 e. The Labute approximate surface area is 286 Å². The number of Topliss-reactive ketones (excluding diaryl/α,β-unsaturated/α-hetero) is 1. The lowest BCUT2D eigenvalue weighted by Crippen LogP contribution is -1.93. The van der Waals surface area contributed by atoms with Crippen molar-refractivity contribution < 1.29 is 4.79 Å². The third-order valence-corrected chi connectivity index (χ3v) is 6.48.